The molecule has 2 heterocycles. The summed E-state index contributed by atoms with van der Waals surface area (Å²) >= 11 is 0. The first kappa shape index (κ1) is 15.0. The molecule has 1 unspecified atom stereocenters. The minimum atomic E-state index is -0.912. The lowest BCUT2D eigenvalue weighted by Crippen LogP contribution is -2.26. The summed E-state index contributed by atoms with van der Waals surface area (Å²) < 4.78 is 17.1. The molecule has 7 nitrogen and oxygen atoms in total. The van der Waals surface area contributed by atoms with Crippen molar-refractivity contribution in [2.75, 3.05) is 14.2 Å². The van der Waals surface area contributed by atoms with Crippen molar-refractivity contribution in [3.63, 3.8) is 0 Å². The number of hydrogen-bond donors (Lipinski definition) is 1. The minimum absolute atomic E-state index is 0.138. The Labute approximate surface area is 131 Å². The van der Waals surface area contributed by atoms with E-state index >= 15 is 0 Å². The number of carbonyl (C=O) groups excluding carboxylic acids is 1. The number of carbonyl (C=O) groups is 1. The van der Waals surface area contributed by atoms with Crippen LogP contribution in [0.25, 0.3) is 0 Å². The van der Waals surface area contributed by atoms with Crippen molar-refractivity contribution in [1.82, 2.24) is 4.57 Å². The lowest BCUT2D eigenvalue weighted by molar-refractivity contribution is 0.0307. The third kappa shape index (κ3) is 2.21. The smallest absolute Gasteiger partial charge is 0.344 e. The fraction of sp³-hybridized carbons (Fsp3) is 0.250. The van der Waals surface area contributed by atoms with Crippen molar-refractivity contribution >= 4 is 5.97 Å². The molecule has 0 bridgehead atoms. The first-order chi connectivity index (χ1) is 11.0. The fourth-order valence-electron chi connectivity index (χ4n) is 2.77. The van der Waals surface area contributed by atoms with Crippen molar-refractivity contribution in [3.05, 3.63) is 51.4 Å². The van der Waals surface area contributed by atoms with Crippen LogP contribution >= 0.6 is 0 Å². The second kappa shape index (κ2) is 5.35. The second-order valence-corrected chi connectivity index (χ2v) is 5.09. The summed E-state index contributed by atoms with van der Waals surface area (Å²) in [5, 5.41) is 9.50. The van der Waals surface area contributed by atoms with Gasteiger partial charge in [-0.3, -0.25) is 9.36 Å². The maximum Gasteiger partial charge on any atom is 0.344 e. The van der Waals surface area contributed by atoms with Crippen LogP contribution in [0, 0.1) is 6.92 Å². The van der Waals surface area contributed by atoms with Gasteiger partial charge in [0.15, 0.2) is 11.5 Å². The Morgan fingerprint density at radius 3 is 2.52 bits per heavy atom. The Bertz CT molecular complexity index is 854. The highest BCUT2D eigenvalue weighted by atomic mass is 16.6. The van der Waals surface area contributed by atoms with E-state index in [0.717, 1.165) is 6.07 Å². The van der Waals surface area contributed by atoms with E-state index in [1.807, 2.05) is 0 Å². The first-order valence-electron chi connectivity index (χ1n) is 6.86. The Morgan fingerprint density at radius 1 is 1.17 bits per heavy atom. The number of methoxy groups -OCH3 is 2. The minimum Gasteiger partial charge on any atom is -0.508 e. The van der Waals surface area contributed by atoms with Crippen molar-refractivity contribution < 1.29 is 24.1 Å². The summed E-state index contributed by atoms with van der Waals surface area (Å²) in [6, 6.07) is 5.80. The van der Waals surface area contributed by atoms with E-state index in [1.165, 1.54) is 24.9 Å². The normalized spacial score (nSPS) is 16.0. The van der Waals surface area contributed by atoms with E-state index in [0.29, 0.717) is 17.0 Å². The zero-order valence-corrected chi connectivity index (χ0v) is 12.8. The molecule has 7 heteroatoms. The fourth-order valence-corrected chi connectivity index (χ4v) is 2.77. The number of aromatic hydroxyl groups is 1. The number of fused-ring (bicyclic) bond motifs is 1. The Hall–Kier alpha value is -2.96. The molecular weight excluding hydrogens is 302 g/mol. The van der Waals surface area contributed by atoms with Gasteiger partial charge < -0.3 is 19.3 Å². The second-order valence-electron chi connectivity index (χ2n) is 5.09. The van der Waals surface area contributed by atoms with Crippen LogP contribution in [-0.4, -0.2) is 29.9 Å². The van der Waals surface area contributed by atoms with Crippen LogP contribution in [0.5, 0.6) is 17.2 Å². The number of nitrogens with zero attached hydrogens (tertiary/aromatic N) is 1. The third-order valence-corrected chi connectivity index (χ3v) is 3.75. The monoisotopic (exact) mass is 317 g/mol. The van der Waals surface area contributed by atoms with E-state index < -0.39 is 17.8 Å². The van der Waals surface area contributed by atoms with E-state index in [1.54, 1.807) is 19.1 Å². The van der Waals surface area contributed by atoms with Crippen LogP contribution in [0.4, 0.5) is 0 Å². The predicted octanol–water partition coefficient (Wildman–Crippen LogP) is 1.60. The average Bonchev–Trinajstić information content (AvgIpc) is 2.82. The number of rotatable bonds is 3. The van der Waals surface area contributed by atoms with Gasteiger partial charge in [0, 0.05) is 17.3 Å². The van der Waals surface area contributed by atoms with Crippen LogP contribution in [0.15, 0.2) is 29.1 Å². The van der Waals surface area contributed by atoms with Gasteiger partial charge >= 0.3 is 5.97 Å². The molecular formula is C16H15NO6. The van der Waals surface area contributed by atoms with E-state index in [-0.39, 0.29) is 17.1 Å². The predicted molar refractivity (Wildman–Crippen MR) is 80.2 cm³/mol. The van der Waals surface area contributed by atoms with Gasteiger partial charge in [-0.1, -0.05) is 0 Å². The van der Waals surface area contributed by atoms with Crippen molar-refractivity contribution in [2.24, 2.45) is 0 Å². The van der Waals surface area contributed by atoms with Crippen molar-refractivity contribution in [3.8, 4) is 17.2 Å². The van der Waals surface area contributed by atoms with Crippen LogP contribution in [0.1, 0.15) is 27.8 Å². The zero-order chi connectivity index (χ0) is 16.7. The number of ether oxygens (including phenoxy) is 3. The molecule has 0 fully saturated rings. The topological polar surface area (TPSA) is 87.0 Å². The maximum absolute atomic E-state index is 12.3. The molecule has 3 rings (SSSR count). The van der Waals surface area contributed by atoms with E-state index in [4.69, 9.17) is 14.2 Å². The lowest BCUT2D eigenvalue weighted by Gasteiger charge is -2.17. The molecule has 1 aromatic carbocycles. The molecule has 1 aliphatic heterocycles. The maximum atomic E-state index is 12.3. The number of cyclic esters (lactones) is 1. The van der Waals surface area contributed by atoms with Crippen molar-refractivity contribution in [1.29, 1.82) is 0 Å². The molecule has 0 radical (unpaired) electrons. The van der Waals surface area contributed by atoms with Gasteiger partial charge in [0.1, 0.15) is 11.3 Å². The molecule has 120 valence electrons. The summed E-state index contributed by atoms with van der Waals surface area (Å²) in [7, 11) is 2.90. The molecule has 1 aliphatic rings. The number of hydrogen-bond acceptors (Lipinski definition) is 6. The molecule has 1 N–H and O–H groups in total. The van der Waals surface area contributed by atoms with Gasteiger partial charge in [0.05, 0.1) is 14.2 Å². The average molecular weight is 317 g/mol. The van der Waals surface area contributed by atoms with Gasteiger partial charge in [-0.2, -0.15) is 0 Å². The van der Waals surface area contributed by atoms with Gasteiger partial charge in [0.2, 0.25) is 6.23 Å². The van der Waals surface area contributed by atoms with E-state index in [9.17, 15) is 14.7 Å². The number of pyridine rings is 1. The Balaban J connectivity index is 2.23. The molecule has 23 heavy (non-hydrogen) atoms. The van der Waals surface area contributed by atoms with Gasteiger partial charge in [-0.05, 0) is 25.1 Å². The summed E-state index contributed by atoms with van der Waals surface area (Å²) in [6.07, 6.45) is -0.912. The summed E-state index contributed by atoms with van der Waals surface area (Å²) in [6.45, 7) is 1.65. The highest BCUT2D eigenvalue weighted by Gasteiger charge is 2.37. The molecule has 0 saturated carbocycles. The zero-order valence-electron chi connectivity index (χ0n) is 12.8. The number of aryl methyl sites for hydroxylation is 1. The number of benzene rings is 1. The van der Waals surface area contributed by atoms with Crippen molar-refractivity contribution in [2.45, 2.75) is 13.2 Å². The quantitative estimate of drug-likeness (QED) is 0.865. The van der Waals surface area contributed by atoms with Crippen LogP contribution < -0.4 is 15.0 Å². The molecule has 1 aromatic heterocycles. The van der Waals surface area contributed by atoms with Crippen LogP contribution in [0.3, 0.4) is 0 Å². The molecule has 0 amide bonds. The third-order valence-electron chi connectivity index (χ3n) is 3.75. The molecule has 0 aliphatic carbocycles. The first-order valence-corrected chi connectivity index (χ1v) is 6.86. The molecule has 2 aromatic rings. The van der Waals surface area contributed by atoms with E-state index in [2.05, 4.69) is 0 Å². The SMILES string of the molecule is COc1ccc2c(c1OC)C(=O)OC2n1c(C)cc(O)cc1=O. The number of esters is 1. The molecule has 1 atom stereocenters. The molecule has 0 saturated heterocycles. The van der Waals surface area contributed by atoms with Gasteiger partial charge in [-0.25, -0.2) is 4.79 Å². The standard InChI is InChI=1S/C16H15NO6/c1-8-6-9(18)7-12(19)17(8)15-10-4-5-11(21-2)14(22-3)13(10)16(20)23-15/h4-7,15,18H,1-3H3. The Kier molecular flexibility index (Phi) is 3.48. The summed E-state index contributed by atoms with van der Waals surface area (Å²) in [4.78, 5) is 24.5. The Morgan fingerprint density at radius 2 is 1.91 bits per heavy atom. The number of aromatic nitrogens is 1. The largest absolute Gasteiger partial charge is 0.508 e. The van der Waals surface area contributed by atoms with Gasteiger partial charge in [-0.15, -0.1) is 0 Å². The summed E-state index contributed by atoms with van der Waals surface area (Å²) in [5.41, 5.74) is 0.734. The lowest BCUT2D eigenvalue weighted by atomic mass is 10.1. The summed E-state index contributed by atoms with van der Waals surface area (Å²) in [5.74, 6) is -0.0682. The highest BCUT2D eigenvalue weighted by molar-refractivity contribution is 5.98. The molecule has 0 spiro atoms. The van der Waals surface area contributed by atoms with Crippen LogP contribution in [0.2, 0.25) is 0 Å². The van der Waals surface area contributed by atoms with Gasteiger partial charge in [0.25, 0.3) is 5.56 Å². The highest BCUT2D eigenvalue weighted by Crippen LogP contribution is 2.42. The van der Waals surface area contributed by atoms with Crippen LogP contribution in [-0.2, 0) is 4.74 Å².